The summed E-state index contributed by atoms with van der Waals surface area (Å²) in [5, 5.41) is 13.9. The lowest BCUT2D eigenvalue weighted by molar-refractivity contribution is 0.626. The first-order chi connectivity index (χ1) is 13.0. The number of hydrogen-bond donors (Lipinski definition) is 1. The highest BCUT2D eigenvalue weighted by Crippen LogP contribution is 2.32. The van der Waals surface area contributed by atoms with Crippen molar-refractivity contribution in [3.05, 3.63) is 75.8 Å². The van der Waals surface area contributed by atoms with Crippen molar-refractivity contribution in [2.75, 3.05) is 0 Å². The topological polar surface area (TPSA) is 76.5 Å². The van der Waals surface area contributed by atoms with Crippen LogP contribution in [0.3, 0.4) is 0 Å². The van der Waals surface area contributed by atoms with Crippen LogP contribution in [0.4, 0.5) is 4.39 Å². The van der Waals surface area contributed by atoms with Crippen LogP contribution in [-0.2, 0) is 6.54 Å². The Kier molecular flexibility index (Phi) is 4.27. The summed E-state index contributed by atoms with van der Waals surface area (Å²) in [6.45, 7) is 4.53. The van der Waals surface area contributed by atoms with Gasteiger partial charge in [-0.3, -0.25) is 4.79 Å². The van der Waals surface area contributed by atoms with Crippen LogP contribution in [0.2, 0.25) is 0 Å². The van der Waals surface area contributed by atoms with Crippen molar-refractivity contribution >= 4 is 0 Å². The maximum absolute atomic E-state index is 13.2. The van der Waals surface area contributed by atoms with Gasteiger partial charge >= 0.3 is 0 Å². The highest BCUT2D eigenvalue weighted by Gasteiger charge is 2.24. The molecule has 1 aromatic heterocycles. The Balaban J connectivity index is 1.94. The van der Waals surface area contributed by atoms with Gasteiger partial charge < -0.3 is 4.57 Å². The molecule has 0 amide bonds. The molecule has 136 valence electrons. The number of halogens is 1. The summed E-state index contributed by atoms with van der Waals surface area (Å²) >= 11 is 0. The number of hydrogen-bond acceptors (Lipinski definition) is 4. The number of rotatable bonds is 4. The average molecular weight is 363 g/mol. The number of aromatic nitrogens is 5. The van der Waals surface area contributed by atoms with E-state index in [4.69, 9.17) is 0 Å². The van der Waals surface area contributed by atoms with Crippen LogP contribution in [-0.4, -0.2) is 25.2 Å². The van der Waals surface area contributed by atoms with E-state index in [1.807, 2.05) is 24.3 Å². The Bertz CT molecular complexity index is 1100. The van der Waals surface area contributed by atoms with E-state index in [9.17, 15) is 9.18 Å². The fourth-order valence-corrected chi connectivity index (χ4v) is 3.21. The van der Waals surface area contributed by atoms with Crippen LogP contribution in [0.5, 0.6) is 0 Å². The zero-order valence-electron chi connectivity index (χ0n) is 15.0. The van der Waals surface area contributed by atoms with Gasteiger partial charge in [0.1, 0.15) is 5.82 Å². The third kappa shape index (κ3) is 3.12. The average Bonchev–Trinajstić information content (AvgIpc) is 3.17. The predicted octanol–water partition coefficient (Wildman–Crippen LogP) is 3.44. The summed E-state index contributed by atoms with van der Waals surface area (Å²) in [5.74, 6) is 0.334. The minimum atomic E-state index is -0.306. The molecule has 0 radical (unpaired) electrons. The zero-order valence-corrected chi connectivity index (χ0v) is 15.0. The van der Waals surface area contributed by atoms with E-state index in [1.54, 1.807) is 16.7 Å². The Hall–Kier alpha value is -3.35. The normalized spacial score (nSPS) is 11.4. The van der Waals surface area contributed by atoms with Gasteiger partial charge in [-0.05, 0) is 51.7 Å². The van der Waals surface area contributed by atoms with Gasteiger partial charge in [-0.1, -0.05) is 38.1 Å². The fourth-order valence-electron chi connectivity index (χ4n) is 3.21. The quantitative estimate of drug-likeness (QED) is 0.603. The highest BCUT2D eigenvalue weighted by molar-refractivity contribution is 5.81. The van der Waals surface area contributed by atoms with Crippen molar-refractivity contribution in [2.45, 2.75) is 26.3 Å². The van der Waals surface area contributed by atoms with Gasteiger partial charge in [0.05, 0.1) is 17.8 Å². The summed E-state index contributed by atoms with van der Waals surface area (Å²) in [5.41, 5.74) is 3.77. The maximum Gasteiger partial charge on any atom is 0.263 e. The molecule has 1 aliphatic heterocycles. The Morgan fingerprint density at radius 1 is 1.15 bits per heavy atom. The van der Waals surface area contributed by atoms with Crippen molar-refractivity contribution in [3.8, 4) is 22.6 Å². The maximum atomic E-state index is 13.2. The molecule has 2 aliphatic rings. The van der Waals surface area contributed by atoms with E-state index < -0.39 is 0 Å². The van der Waals surface area contributed by atoms with Crippen LogP contribution >= 0.6 is 0 Å². The largest absolute Gasteiger partial charge is 0.303 e. The van der Waals surface area contributed by atoms with Crippen LogP contribution in [0.25, 0.3) is 22.6 Å². The second-order valence-corrected chi connectivity index (χ2v) is 6.77. The second-order valence-electron chi connectivity index (χ2n) is 6.77. The molecule has 6 nitrogen and oxygen atoms in total. The van der Waals surface area contributed by atoms with Crippen LogP contribution in [0, 0.1) is 5.82 Å². The van der Waals surface area contributed by atoms with Crippen molar-refractivity contribution in [1.82, 2.24) is 25.2 Å². The molecule has 27 heavy (non-hydrogen) atoms. The molecule has 0 fully saturated rings. The minimum absolute atomic E-state index is 0.186. The zero-order chi connectivity index (χ0) is 19.0. The first-order valence-electron chi connectivity index (χ1n) is 8.69. The van der Waals surface area contributed by atoms with Gasteiger partial charge in [-0.25, -0.2) is 9.49 Å². The number of fused-ring (bicyclic) bond motifs is 1. The first kappa shape index (κ1) is 17.1. The van der Waals surface area contributed by atoms with Gasteiger partial charge in [0.25, 0.3) is 5.56 Å². The van der Waals surface area contributed by atoms with Crippen molar-refractivity contribution in [2.24, 2.45) is 0 Å². The summed E-state index contributed by atoms with van der Waals surface area (Å²) in [6, 6.07) is 14.1. The van der Waals surface area contributed by atoms with Crippen molar-refractivity contribution in [3.63, 3.8) is 0 Å². The number of aromatic amines is 1. The number of H-pyrrole nitrogens is 1. The van der Waals surface area contributed by atoms with Crippen molar-refractivity contribution < 1.29 is 4.39 Å². The predicted molar refractivity (Wildman–Crippen MR) is 100 cm³/mol. The van der Waals surface area contributed by atoms with Gasteiger partial charge in [0.15, 0.2) is 5.82 Å². The van der Waals surface area contributed by atoms with Crippen LogP contribution in [0.1, 0.15) is 30.9 Å². The van der Waals surface area contributed by atoms with Gasteiger partial charge in [-0.2, -0.15) is 0 Å². The molecule has 1 aliphatic carbocycles. The Morgan fingerprint density at radius 2 is 1.93 bits per heavy atom. The summed E-state index contributed by atoms with van der Waals surface area (Å²) in [7, 11) is 0. The fraction of sp³-hybridized carbons (Fsp3) is 0.200. The van der Waals surface area contributed by atoms with Gasteiger partial charge in [0.2, 0.25) is 0 Å². The Morgan fingerprint density at radius 3 is 2.59 bits per heavy atom. The summed E-state index contributed by atoms with van der Waals surface area (Å²) in [4.78, 5) is 13.2. The third-order valence-corrected chi connectivity index (χ3v) is 4.65. The number of benzene rings is 1. The van der Waals surface area contributed by atoms with Crippen molar-refractivity contribution in [1.29, 1.82) is 0 Å². The van der Waals surface area contributed by atoms with Crippen LogP contribution < -0.4 is 5.56 Å². The molecular weight excluding hydrogens is 345 g/mol. The first-order valence-corrected chi connectivity index (χ1v) is 8.69. The molecule has 0 saturated heterocycles. The number of nitrogens with zero attached hydrogens (tertiary/aromatic N) is 4. The number of tetrazole rings is 1. The van der Waals surface area contributed by atoms with E-state index in [1.165, 1.54) is 12.1 Å². The lowest BCUT2D eigenvalue weighted by Crippen LogP contribution is -2.17. The molecular formula is C20H18FN5O. The molecule has 2 heterocycles. The molecule has 1 N–H and O–H groups in total. The highest BCUT2D eigenvalue weighted by atomic mass is 19.1. The van der Waals surface area contributed by atoms with Gasteiger partial charge in [0, 0.05) is 5.56 Å². The molecule has 0 unspecified atom stereocenters. The number of nitrogens with one attached hydrogen (secondary N) is 1. The molecule has 1 aromatic carbocycles. The molecule has 2 aromatic rings. The molecule has 7 heteroatoms. The second kappa shape index (κ2) is 6.75. The smallest absolute Gasteiger partial charge is 0.263 e. The van der Waals surface area contributed by atoms with E-state index in [-0.39, 0.29) is 11.4 Å². The molecule has 0 atom stereocenters. The summed E-state index contributed by atoms with van der Waals surface area (Å²) in [6.07, 6.45) is 0. The third-order valence-electron chi connectivity index (χ3n) is 4.65. The SMILES string of the molecule is CC(C)c1cccc2n(Cc3ccc(F)cc3)c(=O)c(-c3nnn[nH]3)c-2c1. The standard InChI is InChI=1S/C20H18FN5O/c1-12(2)14-4-3-5-17-16(10-14)18(19-22-24-25-23-19)20(27)26(17)11-13-6-8-15(21)9-7-13/h3-10,12H,11H2,1-2H3,(H,22,23,24,25). The Labute approximate surface area is 155 Å². The van der Waals surface area contributed by atoms with E-state index in [0.717, 1.165) is 22.4 Å². The molecule has 4 rings (SSSR count). The van der Waals surface area contributed by atoms with E-state index >= 15 is 0 Å². The lowest BCUT2D eigenvalue weighted by atomic mass is 10.0. The van der Waals surface area contributed by atoms with Crippen LogP contribution in [0.15, 0.2) is 53.3 Å². The molecule has 0 saturated carbocycles. The molecule has 0 bridgehead atoms. The lowest BCUT2D eigenvalue weighted by Gasteiger charge is -2.06. The summed E-state index contributed by atoms with van der Waals surface area (Å²) < 4.78 is 14.9. The molecule has 0 spiro atoms. The van der Waals surface area contributed by atoms with E-state index in [0.29, 0.717) is 23.9 Å². The minimum Gasteiger partial charge on any atom is -0.303 e. The van der Waals surface area contributed by atoms with Gasteiger partial charge in [-0.15, -0.1) is 5.10 Å². The van der Waals surface area contributed by atoms with E-state index in [2.05, 4.69) is 34.5 Å². The monoisotopic (exact) mass is 363 g/mol.